The third-order valence-corrected chi connectivity index (χ3v) is 7.87. The van der Waals surface area contributed by atoms with Gasteiger partial charge in [0.2, 0.25) is 0 Å². The Balaban J connectivity index is 1.43. The lowest BCUT2D eigenvalue weighted by atomic mass is 9.50. The number of nitrogens with zero attached hydrogens (tertiary/aromatic N) is 1. The Bertz CT molecular complexity index is 1150. The Labute approximate surface area is 202 Å². The molecule has 10 heteroatoms. The number of phenolic OH excluding ortho intramolecular Hbond substituents is 1. The second kappa shape index (κ2) is 7.96. The first-order valence-corrected chi connectivity index (χ1v) is 11.7. The number of phenols is 1. The lowest BCUT2D eigenvalue weighted by molar-refractivity contribution is -0.179. The van der Waals surface area contributed by atoms with Crippen molar-refractivity contribution >= 4 is 17.9 Å². The molecule has 1 aromatic rings. The number of piperidine rings is 1. The van der Waals surface area contributed by atoms with E-state index in [-0.39, 0.29) is 24.0 Å². The molecule has 2 aliphatic carbocycles. The normalized spacial score (nSPS) is 31.9. The largest absolute Gasteiger partial charge is 0.504 e. The number of rotatable bonds is 5. The Morgan fingerprint density at radius 3 is 2.60 bits per heavy atom. The number of ether oxygens (including phenoxy) is 4. The van der Waals surface area contributed by atoms with Gasteiger partial charge >= 0.3 is 17.9 Å². The Morgan fingerprint density at radius 1 is 1.17 bits per heavy atom. The highest BCUT2D eigenvalue weighted by molar-refractivity contribution is 5.83. The number of likely N-dealkylation sites (N-methyl/N-ethyl adjacent to an activating group) is 1. The van der Waals surface area contributed by atoms with E-state index in [1.54, 1.807) is 12.1 Å². The van der Waals surface area contributed by atoms with Gasteiger partial charge in [0.1, 0.15) is 5.76 Å². The van der Waals surface area contributed by atoms with E-state index in [2.05, 4.69) is 4.90 Å². The first-order chi connectivity index (χ1) is 16.5. The fraction of sp³-hybridized carbons (Fsp3) is 0.560. The zero-order chi connectivity index (χ0) is 25.3. The van der Waals surface area contributed by atoms with E-state index in [9.17, 15) is 24.6 Å². The second-order valence-corrected chi connectivity index (χ2v) is 9.85. The van der Waals surface area contributed by atoms with Gasteiger partial charge in [-0.2, -0.15) is 0 Å². The Hall–Kier alpha value is -3.11. The third kappa shape index (κ3) is 3.26. The highest BCUT2D eigenvalue weighted by Crippen LogP contribution is 2.65. The number of aliphatic hydroxyl groups is 1. The van der Waals surface area contributed by atoms with Gasteiger partial charge in [-0.15, -0.1) is 0 Å². The van der Waals surface area contributed by atoms with Crippen molar-refractivity contribution in [3.63, 3.8) is 0 Å². The maximum atomic E-state index is 12.9. The third-order valence-electron chi connectivity index (χ3n) is 7.87. The highest BCUT2D eigenvalue weighted by atomic mass is 16.6. The summed E-state index contributed by atoms with van der Waals surface area (Å²) in [5.74, 6) is -1.85. The lowest BCUT2D eigenvalue weighted by Gasteiger charge is -2.61. The molecular weight excluding hydrogens is 458 g/mol. The number of carbonyl (C=O) groups excluding carboxylic acids is 3. The van der Waals surface area contributed by atoms with E-state index in [0.29, 0.717) is 25.1 Å². The van der Waals surface area contributed by atoms with Gasteiger partial charge in [0.05, 0.1) is 11.0 Å². The minimum absolute atomic E-state index is 0.0281. The standard InChI is InChI=1S/C25H29NO9/c1-12(32-14(3)27)22(29)33-13(2)23(30)34-17-7-8-25(31)18-11-15-5-6-16(28)20-19(15)24(25,21(17)35-20)9-10-26(18)4/h5-7,12-13,18,21,28,31H,8-11H2,1-4H3/t12-,13-,18+,21-,24-,25+/m0/s1. The van der Waals surface area contributed by atoms with Crippen molar-refractivity contribution in [3.8, 4) is 11.5 Å². The number of hydrogen-bond acceptors (Lipinski definition) is 10. The number of benzene rings is 1. The molecule has 5 rings (SSSR count). The van der Waals surface area contributed by atoms with E-state index in [4.69, 9.17) is 18.9 Å². The van der Waals surface area contributed by atoms with Crippen molar-refractivity contribution in [1.82, 2.24) is 4.90 Å². The molecule has 2 aliphatic heterocycles. The average molecular weight is 488 g/mol. The van der Waals surface area contributed by atoms with Crippen LogP contribution in [0.4, 0.5) is 0 Å². The monoisotopic (exact) mass is 487 g/mol. The van der Waals surface area contributed by atoms with Gasteiger partial charge < -0.3 is 34.1 Å². The molecule has 1 saturated heterocycles. The second-order valence-electron chi connectivity index (χ2n) is 9.85. The van der Waals surface area contributed by atoms with Crippen LogP contribution in [0.3, 0.4) is 0 Å². The number of likely N-dealkylation sites (tertiary alicyclic amines) is 1. The molecule has 2 heterocycles. The molecule has 0 amide bonds. The molecule has 4 aliphatic rings. The summed E-state index contributed by atoms with van der Waals surface area (Å²) < 4.78 is 21.8. The van der Waals surface area contributed by atoms with Gasteiger partial charge in [0, 0.05) is 24.9 Å². The van der Waals surface area contributed by atoms with Crippen LogP contribution in [0.2, 0.25) is 0 Å². The van der Waals surface area contributed by atoms with Crippen LogP contribution in [0.5, 0.6) is 11.5 Å². The van der Waals surface area contributed by atoms with E-state index < -0.39 is 47.2 Å². The maximum absolute atomic E-state index is 12.9. The number of carbonyl (C=O) groups is 3. The smallest absolute Gasteiger partial charge is 0.352 e. The summed E-state index contributed by atoms with van der Waals surface area (Å²) in [6.45, 7) is 4.57. The van der Waals surface area contributed by atoms with Crippen molar-refractivity contribution in [1.29, 1.82) is 0 Å². The maximum Gasteiger partial charge on any atom is 0.352 e. The molecule has 2 N–H and O–H groups in total. The minimum atomic E-state index is -1.27. The highest BCUT2D eigenvalue weighted by Gasteiger charge is 2.72. The zero-order valence-electron chi connectivity index (χ0n) is 20.1. The topological polar surface area (TPSA) is 132 Å². The van der Waals surface area contributed by atoms with Gasteiger partial charge in [-0.3, -0.25) is 4.79 Å². The van der Waals surface area contributed by atoms with E-state index in [0.717, 1.165) is 11.1 Å². The Morgan fingerprint density at radius 2 is 1.89 bits per heavy atom. The molecule has 1 aromatic carbocycles. The number of esters is 3. The summed E-state index contributed by atoms with van der Waals surface area (Å²) in [5.41, 5.74) is -0.286. The summed E-state index contributed by atoms with van der Waals surface area (Å²) in [4.78, 5) is 38.2. The Kier molecular flexibility index (Phi) is 5.37. The molecule has 0 radical (unpaired) electrons. The molecule has 188 valence electrons. The molecule has 10 nitrogen and oxygen atoms in total. The predicted molar refractivity (Wildman–Crippen MR) is 119 cm³/mol. The summed E-state index contributed by atoms with van der Waals surface area (Å²) in [7, 11) is 1.98. The first kappa shape index (κ1) is 23.6. The van der Waals surface area contributed by atoms with E-state index in [1.165, 1.54) is 20.8 Å². The van der Waals surface area contributed by atoms with Crippen LogP contribution in [0.1, 0.15) is 44.7 Å². The van der Waals surface area contributed by atoms with Crippen LogP contribution in [0.25, 0.3) is 0 Å². The van der Waals surface area contributed by atoms with Gasteiger partial charge in [-0.25, -0.2) is 9.59 Å². The summed E-state index contributed by atoms with van der Waals surface area (Å²) in [5, 5.41) is 22.7. The quantitative estimate of drug-likeness (QED) is 0.460. The first-order valence-electron chi connectivity index (χ1n) is 11.7. The molecule has 0 unspecified atom stereocenters. The summed E-state index contributed by atoms with van der Waals surface area (Å²) >= 11 is 0. The summed E-state index contributed by atoms with van der Waals surface area (Å²) in [6.07, 6.45) is -0.227. The molecule has 0 saturated carbocycles. The van der Waals surface area contributed by atoms with Crippen molar-refractivity contribution in [2.45, 2.75) is 75.4 Å². The van der Waals surface area contributed by atoms with Crippen LogP contribution in [0, 0.1) is 0 Å². The van der Waals surface area contributed by atoms with Gasteiger partial charge in [0.25, 0.3) is 0 Å². The molecule has 35 heavy (non-hydrogen) atoms. The van der Waals surface area contributed by atoms with Gasteiger partial charge in [-0.05, 0) is 58.0 Å². The predicted octanol–water partition coefficient (Wildman–Crippen LogP) is 1.10. The average Bonchev–Trinajstić information content (AvgIpc) is 3.15. The molecule has 1 fully saturated rings. The van der Waals surface area contributed by atoms with Crippen LogP contribution < -0.4 is 4.74 Å². The van der Waals surface area contributed by atoms with Crippen LogP contribution in [-0.2, 0) is 40.4 Å². The van der Waals surface area contributed by atoms with Crippen molar-refractivity contribution in [2.75, 3.05) is 13.6 Å². The zero-order valence-corrected chi connectivity index (χ0v) is 20.1. The van der Waals surface area contributed by atoms with Crippen molar-refractivity contribution in [3.05, 3.63) is 35.1 Å². The lowest BCUT2D eigenvalue weighted by Crippen LogP contribution is -2.74. The fourth-order valence-corrected chi connectivity index (χ4v) is 6.25. The van der Waals surface area contributed by atoms with Crippen LogP contribution >= 0.6 is 0 Å². The van der Waals surface area contributed by atoms with Crippen LogP contribution in [-0.4, -0.2) is 76.6 Å². The number of aromatic hydroxyl groups is 1. The minimum Gasteiger partial charge on any atom is -0.504 e. The van der Waals surface area contributed by atoms with Gasteiger partial charge in [-0.1, -0.05) is 6.07 Å². The molecular formula is C25H29NO9. The SMILES string of the molecule is CC(=O)O[C@@H](C)C(=O)O[C@@H](C)C(=O)OC1=CC[C@@]2(O)[C@H]3Cc4ccc(O)c5c4[C@@]2(CCN3C)[C@H]1O5. The van der Waals surface area contributed by atoms with E-state index in [1.807, 2.05) is 13.1 Å². The van der Waals surface area contributed by atoms with E-state index >= 15 is 0 Å². The number of hydrogen-bond donors (Lipinski definition) is 2. The summed E-state index contributed by atoms with van der Waals surface area (Å²) in [6, 6.07) is 3.29. The van der Waals surface area contributed by atoms with Crippen molar-refractivity contribution < 1.29 is 43.5 Å². The van der Waals surface area contributed by atoms with Gasteiger partial charge in [0.15, 0.2) is 29.8 Å². The fourth-order valence-electron chi connectivity index (χ4n) is 6.25. The van der Waals surface area contributed by atoms with Crippen molar-refractivity contribution in [2.24, 2.45) is 0 Å². The molecule has 0 aromatic heterocycles. The molecule has 6 atom stereocenters. The molecule has 2 bridgehead atoms. The van der Waals surface area contributed by atoms with Crippen LogP contribution in [0.15, 0.2) is 24.0 Å². The molecule has 1 spiro atoms.